The number of fused-ring (bicyclic) bond motifs is 1. The van der Waals surface area contributed by atoms with E-state index < -0.39 is 47.3 Å². The summed E-state index contributed by atoms with van der Waals surface area (Å²) in [5, 5.41) is 13.3. The standard InChI is InChI=1S/C24H23F5N4O3/c1-22(2)11-23(35,24(27,28)29)19(13-5-6-15(25)18(36-3)17(13)22)32-21(34)14-8-9-33(20(14)30)12-4-7-16(26)31-10-12/h4-10,19,35H,11,30H2,1-3H3,(H,32,34)/t19-,23-/m1/s1. The van der Waals surface area contributed by atoms with Gasteiger partial charge in [0.05, 0.1) is 30.6 Å². The molecule has 192 valence electrons. The van der Waals surface area contributed by atoms with Crippen LogP contribution < -0.4 is 15.8 Å². The Morgan fingerprint density at radius 2 is 1.92 bits per heavy atom. The first-order chi connectivity index (χ1) is 16.7. The highest BCUT2D eigenvalue weighted by Gasteiger charge is 2.64. The normalized spacial score (nSPS) is 21.1. The third-order valence-electron chi connectivity index (χ3n) is 6.45. The second-order valence-electron chi connectivity index (χ2n) is 9.26. The van der Waals surface area contributed by atoms with E-state index >= 15 is 0 Å². The fourth-order valence-corrected chi connectivity index (χ4v) is 4.87. The van der Waals surface area contributed by atoms with Gasteiger partial charge in [-0.2, -0.15) is 17.6 Å². The molecular weight excluding hydrogens is 487 g/mol. The summed E-state index contributed by atoms with van der Waals surface area (Å²) in [7, 11) is 1.18. The molecule has 4 rings (SSSR count). The zero-order valence-corrected chi connectivity index (χ0v) is 19.5. The van der Waals surface area contributed by atoms with Crippen LogP contribution in [0.3, 0.4) is 0 Å². The molecule has 2 aromatic heterocycles. The average Bonchev–Trinajstić information content (AvgIpc) is 3.17. The van der Waals surface area contributed by atoms with E-state index in [4.69, 9.17) is 10.5 Å². The van der Waals surface area contributed by atoms with Crippen LogP contribution in [0.25, 0.3) is 5.69 Å². The van der Waals surface area contributed by atoms with Crippen molar-refractivity contribution in [1.82, 2.24) is 14.9 Å². The minimum Gasteiger partial charge on any atom is -0.493 e. The Hall–Kier alpha value is -3.67. The number of methoxy groups -OCH3 is 1. The van der Waals surface area contributed by atoms with Gasteiger partial charge in [-0.15, -0.1) is 0 Å². The number of halogens is 5. The minimum absolute atomic E-state index is 0.104. The van der Waals surface area contributed by atoms with Crippen molar-refractivity contribution in [1.29, 1.82) is 0 Å². The number of nitrogen functional groups attached to an aromatic ring is 1. The molecule has 0 saturated heterocycles. The number of alkyl halides is 3. The molecule has 2 heterocycles. The molecule has 0 unspecified atom stereocenters. The van der Waals surface area contributed by atoms with Gasteiger partial charge in [-0.1, -0.05) is 19.9 Å². The SMILES string of the molecule is COc1c(F)ccc2c1C(C)(C)C[C@](O)(C(F)(F)F)[C@@H]2NC(=O)c1ccn(-c2ccc(F)nc2)c1N. The molecule has 4 N–H and O–H groups in total. The predicted molar refractivity (Wildman–Crippen MR) is 120 cm³/mol. The van der Waals surface area contributed by atoms with E-state index in [1.165, 1.54) is 43.9 Å². The average molecular weight is 510 g/mol. The van der Waals surface area contributed by atoms with E-state index in [1.807, 2.05) is 0 Å². The summed E-state index contributed by atoms with van der Waals surface area (Å²) in [5.41, 5.74) is 1.39. The summed E-state index contributed by atoms with van der Waals surface area (Å²) in [6.45, 7) is 2.86. The van der Waals surface area contributed by atoms with Crippen LogP contribution in [-0.4, -0.2) is 39.5 Å². The van der Waals surface area contributed by atoms with Gasteiger partial charge in [0.15, 0.2) is 17.2 Å². The molecule has 0 bridgehead atoms. The smallest absolute Gasteiger partial charge is 0.419 e. The molecule has 0 spiro atoms. The molecule has 7 nitrogen and oxygen atoms in total. The number of nitrogens with zero attached hydrogens (tertiary/aromatic N) is 2. The Morgan fingerprint density at radius 3 is 2.50 bits per heavy atom. The van der Waals surface area contributed by atoms with E-state index in [-0.39, 0.29) is 28.3 Å². The number of aromatic nitrogens is 2. The highest BCUT2D eigenvalue weighted by atomic mass is 19.4. The maximum atomic E-state index is 14.5. The van der Waals surface area contributed by atoms with Crippen LogP contribution in [0.15, 0.2) is 42.7 Å². The number of carbonyl (C=O) groups is 1. The zero-order valence-electron chi connectivity index (χ0n) is 19.5. The topological polar surface area (TPSA) is 102 Å². The predicted octanol–water partition coefficient (Wildman–Crippen LogP) is 4.19. The van der Waals surface area contributed by atoms with Crippen molar-refractivity contribution in [2.45, 2.75) is 43.5 Å². The van der Waals surface area contributed by atoms with Crippen LogP contribution in [0.1, 0.15) is 47.8 Å². The highest BCUT2D eigenvalue weighted by molar-refractivity contribution is 5.99. The van der Waals surface area contributed by atoms with Crippen molar-refractivity contribution in [3.63, 3.8) is 0 Å². The minimum atomic E-state index is -5.15. The van der Waals surface area contributed by atoms with Gasteiger partial charge in [-0.3, -0.25) is 4.79 Å². The van der Waals surface area contributed by atoms with E-state index in [2.05, 4.69) is 10.3 Å². The van der Waals surface area contributed by atoms with Crippen molar-refractivity contribution >= 4 is 11.7 Å². The monoisotopic (exact) mass is 510 g/mol. The Kier molecular flexibility index (Phi) is 5.98. The number of anilines is 1. The van der Waals surface area contributed by atoms with Gasteiger partial charge in [0.25, 0.3) is 5.91 Å². The molecule has 2 atom stereocenters. The molecule has 0 saturated carbocycles. The van der Waals surface area contributed by atoms with Gasteiger partial charge in [0, 0.05) is 11.8 Å². The van der Waals surface area contributed by atoms with Crippen molar-refractivity contribution in [3.05, 3.63) is 71.2 Å². The van der Waals surface area contributed by atoms with Gasteiger partial charge in [-0.25, -0.2) is 9.37 Å². The van der Waals surface area contributed by atoms with E-state index in [0.29, 0.717) is 5.69 Å². The number of carbonyl (C=O) groups excluding carboxylic acids is 1. The second kappa shape index (κ2) is 8.47. The number of hydrogen-bond donors (Lipinski definition) is 3. The van der Waals surface area contributed by atoms with Crippen LogP contribution >= 0.6 is 0 Å². The Bertz CT molecular complexity index is 1320. The summed E-state index contributed by atoms with van der Waals surface area (Å²) in [5.74, 6) is -2.95. The molecule has 1 aliphatic rings. The van der Waals surface area contributed by atoms with E-state index in [1.54, 1.807) is 0 Å². The molecular formula is C24H23F5N4O3. The number of rotatable bonds is 4. The first-order valence-corrected chi connectivity index (χ1v) is 10.8. The number of aliphatic hydroxyl groups is 1. The Balaban J connectivity index is 1.81. The molecule has 1 aliphatic carbocycles. The highest BCUT2D eigenvalue weighted by Crippen LogP contribution is 2.55. The number of ether oxygens (including phenoxy) is 1. The maximum Gasteiger partial charge on any atom is 0.419 e. The third kappa shape index (κ3) is 3.94. The lowest BCUT2D eigenvalue weighted by atomic mass is 9.63. The van der Waals surface area contributed by atoms with Crippen LogP contribution in [-0.2, 0) is 5.41 Å². The van der Waals surface area contributed by atoms with Gasteiger partial charge in [0.2, 0.25) is 5.95 Å². The Labute approximate surface area is 202 Å². The van der Waals surface area contributed by atoms with Gasteiger partial charge in [-0.05, 0) is 41.7 Å². The first kappa shape index (κ1) is 25.4. The molecule has 1 amide bonds. The first-order valence-electron chi connectivity index (χ1n) is 10.8. The van der Waals surface area contributed by atoms with Crippen molar-refractivity contribution in [3.8, 4) is 11.4 Å². The van der Waals surface area contributed by atoms with Crippen LogP contribution in [0.5, 0.6) is 5.75 Å². The number of nitrogens with two attached hydrogens (primary N) is 1. The zero-order chi connectivity index (χ0) is 26.6. The molecule has 36 heavy (non-hydrogen) atoms. The molecule has 12 heteroatoms. The Morgan fingerprint density at radius 1 is 1.22 bits per heavy atom. The molecule has 0 radical (unpaired) electrons. The van der Waals surface area contributed by atoms with Gasteiger partial charge >= 0.3 is 6.18 Å². The summed E-state index contributed by atoms with van der Waals surface area (Å²) < 4.78 is 77.0. The number of nitrogens with one attached hydrogen (secondary N) is 1. The third-order valence-corrected chi connectivity index (χ3v) is 6.45. The van der Waals surface area contributed by atoms with Crippen LogP contribution in [0.4, 0.5) is 27.8 Å². The lowest BCUT2D eigenvalue weighted by Gasteiger charge is -2.48. The summed E-state index contributed by atoms with van der Waals surface area (Å²) in [6.07, 6.45) is -3.50. The number of amides is 1. The largest absolute Gasteiger partial charge is 0.493 e. The van der Waals surface area contributed by atoms with Crippen molar-refractivity contribution < 1.29 is 36.6 Å². The number of benzene rings is 1. The fourth-order valence-electron chi connectivity index (χ4n) is 4.87. The van der Waals surface area contributed by atoms with Crippen molar-refractivity contribution in [2.24, 2.45) is 0 Å². The number of hydrogen-bond acceptors (Lipinski definition) is 5. The summed E-state index contributed by atoms with van der Waals surface area (Å²) in [4.78, 5) is 16.7. The second-order valence-corrected chi connectivity index (χ2v) is 9.26. The quantitative estimate of drug-likeness (QED) is 0.361. The van der Waals surface area contributed by atoms with Gasteiger partial charge in [0.1, 0.15) is 5.82 Å². The van der Waals surface area contributed by atoms with E-state index in [9.17, 15) is 31.9 Å². The lowest BCUT2D eigenvalue weighted by molar-refractivity contribution is -0.280. The number of pyridine rings is 1. The van der Waals surface area contributed by atoms with Crippen LogP contribution in [0, 0.1) is 11.8 Å². The van der Waals surface area contributed by atoms with E-state index in [0.717, 1.165) is 24.4 Å². The maximum absolute atomic E-state index is 14.5. The molecule has 3 aromatic rings. The molecule has 0 aliphatic heterocycles. The summed E-state index contributed by atoms with van der Waals surface area (Å²) in [6, 6.07) is 3.70. The van der Waals surface area contributed by atoms with Crippen LogP contribution in [0.2, 0.25) is 0 Å². The summed E-state index contributed by atoms with van der Waals surface area (Å²) >= 11 is 0. The van der Waals surface area contributed by atoms with Crippen molar-refractivity contribution in [2.75, 3.05) is 12.8 Å². The molecule has 0 fully saturated rings. The lowest BCUT2D eigenvalue weighted by Crippen LogP contribution is -2.60. The van der Waals surface area contributed by atoms with Gasteiger partial charge < -0.3 is 25.5 Å². The fraction of sp³-hybridized carbons (Fsp3) is 0.333. The molecule has 1 aromatic carbocycles.